The molecule has 1 atom stereocenters. The number of hydrogen-bond donors (Lipinski definition) is 0. The van der Waals surface area contributed by atoms with Gasteiger partial charge in [0.05, 0.1) is 5.56 Å². The number of nitrogens with zero attached hydrogens (tertiary/aromatic N) is 1. The molecule has 0 aliphatic carbocycles. The molecule has 1 aliphatic rings. The molecular formula is C19H17ClF3NOS. The number of rotatable bonds is 2. The minimum absolute atomic E-state index is 0.203. The highest BCUT2D eigenvalue weighted by molar-refractivity contribution is 7.99. The van der Waals surface area contributed by atoms with Gasteiger partial charge in [0.1, 0.15) is 0 Å². The van der Waals surface area contributed by atoms with E-state index in [0.717, 1.165) is 29.9 Å². The molecule has 1 heterocycles. The molecule has 2 nitrogen and oxygen atoms in total. The van der Waals surface area contributed by atoms with Gasteiger partial charge in [-0.2, -0.15) is 24.9 Å². The highest BCUT2D eigenvalue weighted by Gasteiger charge is 2.30. The van der Waals surface area contributed by atoms with Gasteiger partial charge >= 0.3 is 6.18 Å². The molecule has 0 saturated carbocycles. The second kappa shape index (κ2) is 7.92. The molecule has 1 unspecified atom stereocenters. The fraction of sp³-hybridized carbons (Fsp3) is 0.316. The first kappa shape index (κ1) is 19.1. The van der Waals surface area contributed by atoms with Gasteiger partial charge in [-0.3, -0.25) is 4.79 Å². The zero-order chi connectivity index (χ0) is 18.7. The van der Waals surface area contributed by atoms with Gasteiger partial charge in [-0.05, 0) is 42.3 Å². The minimum Gasteiger partial charge on any atom is -0.338 e. The maximum Gasteiger partial charge on any atom is 0.416 e. The molecule has 0 radical (unpaired) electrons. The SMILES string of the molecule is O=C(c1ccc(C(F)(F)F)cc1)N1CCSC(c2ccccc2Cl)CC1. The number of amides is 1. The summed E-state index contributed by atoms with van der Waals surface area (Å²) in [4.78, 5) is 14.3. The first-order valence-electron chi connectivity index (χ1n) is 8.19. The van der Waals surface area contributed by atoms with E-state index < -0.39 is 11.7 Å². The summed E-state index contributed by atoms with van der Waals surface area (Å²) in [6.45, 7) is 1.11. The average molecular weight is 400 g/mol. The molecule has 0 aromatic heterocycles. The van der Waals surface area contributed by atoms with Crippen LogP contribution in [-0.2, 0) is 6.18 Å². The van der Waals surface area contributed by atoms with Crippen LogP contribution in [0.2, 0.25) is 5.02 Å². The lowest BCUT2D eigenvalue weighted by atomic mass is 10.1. The molecule has 3 rings (SSSR count). The van der Waals surface area contributed by atoms with Gasteiger partial charge in [-0.1, -0.05) is 29.8 Å². The fourth-order valence-electron chi connectivity index (χ4n) is 2.94. The molecule has 1 fully saturated rings. The van der Waals surface area contributed by atoms with Crippen molar-refractivity contribution in [2.75, 3.05) is 18.8 Å². The van der Waals surface area contributed by atoms with Crippen LogP contribution in [0.15, 0.2) is 48.5 Å². The standard InChI is InChI=1S/C19H17ClF3NOS/c20-16-4-2-1-3-15(16)17-9-10-24(11-12-26-17)18(25)13-5-7-14(8-6-13)19(21,22)23/h1-8,17H,9-12H2. The number of halogens is 4. The van der Waals surface area contributed by atoms with Crippen molar-refractivity contribution in [3.05, 3.63) is 70.2 Å². The predicted octanol–water partition coefficient (Wildman–Crippen LogP) is 5.68. The Hall–Kier alpha value is -1.66. The van der Waals surface area contributed by atoms with Gasteiger partial charge in [0.2, 0.25) is 0 Å². The molecule has 1 aliphatic heterocycles. The molecule has 0 spiro atoms. The Balaban J connectivity index is 1.69. The van der Waals surface area contributed by atoms with E-state index >= 15 is 0 Å². The van der Waals surface area contributed by atoms with Gasteiger partial charge in [0.15, 0.2) is 0 Å². The summed E-state index contributed by atoms with van der Waals surface area (Å²) in [5, 5.41) is 0.918. The second-order valence-corrected chi connectivity index (χ2v) is 7.75. The second-order valence-electron chi connectivity index (χ2n) is 6.04. The van der Waals surface area contributed by atoms with Crippen LogP contribution in [-0.4, -0.2) is 29.6 Å². The van der Waals surface area contributed by atoms with Gasteiger partial charge in [0.25, 0.3) is 5.91 Å². The van der Waals surface area contributed by atoms with Gasteiger partial charge in [-0.25, -0.2) is 0 Å². The van der Waals surface area contributed by atoms with E-state index in [1.54, 1.807) is 16.7 Å². The Morgan fingerprint density at radius 1 is 1.08 bits per heavy atom. The number of thioether (sulfide) groups is 1. The van der Waals surface area contributed by atoms with Crippen LogP contribution in [0, 0.1) is 0 Å². The van der Waals surface area contributed by atoms with E-state index in [4.69, 9.17) is 11.6 Å². The predicted molar refractivity (Wildman–Crippen MR) is 98.6 cm³/mol. The lowest BCUT2D eigenvalue weighted by molar-refractivity contribution is -0.137. The molecule has 7 heteroatoms. The van der Waals surface area contributed by atoms with Crippen LogP contribution in [0.3, 0.4) is 0 Å². The Kier molecular flexibility index (Phi) is 5.82. The van der Waals surface area contributed by atoms with Crippen LogP contribution in [0.25, 0.3) is 0 Å². The Labute approximate surface area is 159 Å². The largest absolute Gasteiger partial charge is 0.416 e. The third-order valence-corrected chi connectivity index (χ3v) is 5.99. The van der Waals surface area contributed by atoms with Crippen LogP contribution in [0.5, 0.6) is 0 Å². The molecule has 2 aromatic carbocycles. The van der Waals surface area contributed by atoms with Crippen molar-refractivity contribution in [3.63, 3.8) is 0 Å². The number of carbonyl (C=O) groups is 1. The van der Waals surface area contributed by atoms with E-state index in [0.29, 0.717) is 18.1 Å². The van der Waals surface area contributed by atoms with Crippen molar-refractivity contribution in [3.8, 4) is 0 Å². The summed E-state index contributed by atoms with van der Waals surface area (Å²) < 4.78 is 38.0. The number of hydrogen-bond acceptors (Lipinski definition) is 2. The van der Waals surface area contributed by atoms with Crippen molar-refractivity contribution < 1.29 is 18.0 Å². The van der Waals surface area contributed by atoms with Gasteiger partial charge in [0, 0.05) is 34.7 Å². The van der Waals surface area contributed by atoms with E-state index in [1.165, 1.54) is 12.1 Å². The number of alkyl halides is 3. The summed E-state index contributed by atoms with van der Waals surface area (Å²) in [5.74, 6) is 0.515. The first-order valence-corrected chi connectivity index (χ1v) is 9.61. The van der Waals surface area contributed by atoms with E-state index in [9.17, 15) is 18.0 Å². The minimum atomic E-state index is -4.40. The number of benzene rings is 2. The fourth-order valence-corrected chi connectivity index (χ4v) is 4.54. The third kappa shape index (κ3) is 4.35. The van der Waals surface area contributed by atoms with E-state index in [2.05, 4.69) is 0 Å². The van der Waals surface area contributed by atoms with Crippen LogP contribution < -0.4 is 0 Å². The third-order valence-electron chi connectivity index (χ3n) is 4.34. The smallest absolute Gasteiger partial charge is 0.338 e. The highest BCUT2D eigenvalue weighted by Crippen LogP contribution is 2.38. The summed E-state index contributed by atoms with van der Waals surface area (Å²) >= 11 is 8.02. The maximum atomic E-state index is 12.7. The summed E-state index contributed by atoms with van der Waals surface area (Å²) in [5.41, 5.74) is 0.585. The van der Waals surface area contributed by atoms with Crippen molar-refractivity contribution in [2.24, 2.45) is 0 Å². The Bertz CT molecular complexity index is 779. The number of carbonyl (C=O) groups excluding carboxylic acids is 1. The van der Waals surface area contributed by atoms with Gasteiger partial charge in [-0.15, -0.1) is 0 Å². The molecule has 1 amide bonds. The van der Waals surface area contributed by atoms with Crippen LogP contribution >= 0.6 is 23.4 Å². The average Bonchev–Trinajstić information content (AvgIpc) is 2.87. The van der Waals surface area contributed by atoms with Crippen molar-refractivity contribution >= 4 is 29.3 Å². The lowest BCUT2D eigenvalue weighted by Gasteiger charge is -2.21. The topological polar surface area (TPSA) is 20.3 Å². The Morgan fingerprint density at radius 3 is 2.42 bits per heavy atom. The molecule has 1 saturated heterocycles. The Morgan fingerprint density at radius 2 is 1.77 bits per heavy atom. The quantitative estimate of drug-likeness (QED) is 0.647. The summed E-state index contributed by atoms with van der Waals surface area (Å²) in [7, 11) is 0. The maximum absolute atomic E-state index is 12.7. The zero-order valence-corrected chi connectivity index (χ0v) is 15.4. The van der Waals surface area contributed by atoms with Crippen molar-refractivity contribution in [1.29, 1.82) is 0 Å². The summed E-state index contributed by atoms with van der Waals surface area (Å²) in [6.07, 6.45) is -3.65. The lowest BCUT2D eigenvalue weighted by Crippen LogP contribution is -2.33. The molecule has 26 heavy (non-hydrogen) atoms. The molecule has 138 valence electrons. The van der Waals surface area contributed by atoms with E-state index in [1.807, 2.05) is 24.3 Å². The molecule has 0 bridgehead atoms. The summed E-state index contributed by atoms with van der Waals surface area (Å²) in [6, 6.07) is 12.1. The van der Waals surface area contributed by atoms with Gasteiger partial charge < -0.3 is 4.90 Å². The first-order chi connectivity index (χ1) is 12.4. The van der Waals surface area contributed by atoms with E-state index in [-0.39, 0.29) is 16.7 Å². The van der Waals surface area contributed by atoms with Crippen molar-refractivity contribution in [1.82, 2.24) is 4.90 Å². The van der Waals surface area contributed by atoms with Crippen LogP contribution in [0.4, 0.5) is 13.2 Å². The monoisotopic (exact) mass is 399 g/mol. The molecular weight excluding hydrogens is 383 g/mol. The molecule has 0 N–H and O–H groups in total. The zero-order valence-electron chi connectivity index (χ0n) is 13.8. The normalized spacial score (nSPS) is 18.5. The molecule has 2 aromatic rings. The van der Waals surface area contributed by atoms with Crippen LogP contribution in [0.1, 0.15) is 33.2 Å². The highest BCUT2D eigenvalue weighted by atomic mass is 35.5. The van der Waals surface area contributed by atoms with Crippen molar-refractivity contribution in [2.45, 2.75) is 17.8 Å².